The van der Waals surface area contributed by atoms with Crippen LogP contribution in [0.1, 0.15) is 35.1 Å². The fourth-order valence-electron chi connectivity index (χ4n) is 4.29. The molecule has 1 aliphatic heterocycles. The molecule has 0 saturated carbocycles. The Labute approximate surface area is 220 Å². The average Bonchev–Trinajstić information content (AvgIpc) is 3.18. The van der Waals surface area contributed by atoms with Crippen LogP contribution in [-0.4, -0.2) is 17.1 Å². The number of allylic oxidation sites excluding steroid dienone is 1. The number of rotatable bonds is 4. The van der Waals surface area contributed by atoms with Gasteiger partial charge in [-0.25, -0.2) is 4.79 Å². The van der Waals surface area contributed by atoms with E-state index in [-0.39, 0.29) is 21.4 Å². The highest BCUT2D eigenvalue weighted by Gasteiger charge is 2.42. The van der Waals surface area contributed by atoms with Crippen LogP contribution in [0.4, 0.5) is 26.3 Å². The Morgan fingerprint density at radius 3 is 2.26 bits per heavy atom. The number of fused-ring (bicyclic) bond motifs is 1. The van der Waals surface area contributed by atoms with Gasteiger partial charge in [0.05, 0.1) is 45.4 Å². The first-order valence-corrected chi connectivity index (χ1v) is 12.0. The summed E-state index contributed by atoms with van der Waals surface area (Å²) < 4.78 is 87.7. The topological polar surface area (TPSA) is 98.1 Å². The quantitative estimate of drug-likeness (QED) is 0.382. The van der Waals surface area contributed by atoms with E-state index in [1.807, 2.05) is 0 Å². The van der Waals surface area contributed by atoms with Crippen molar-refractivity contribution in [2.45, 2.75) is 25.2 Å². The monoisotopic (exact) mass is 565 g/mol. The van der Waals surface area contributed by atoms with Gasteiger partial charge >= 0.3 is 18.3 Å². The largest absolute Gasteiger partial charge is 0.463 e. The van der Waals surface area contributed by atoms with E-state index in [1.165, 1.54) is 25.1 Å². The zero-order valence-corrected chi connectivity index (χ0v) is 20.7. The molecule has 0 aliphatic carbocycles. The van der Waals surface area contributed by atoms with E-state index < -0.39 is 63.5 Å². The smallest absolute Gasteiger partial charge is 0.416 e. The van der Waals surface area contributed by atoms with Crippen LogP contribution in [0.15, 0.2) is 58.9 Å². The number of thiazole rings is 1. The Morgan fingerprint density at radius 2 is 1.67 bits per heavy atom. The minimum atomic E-state index is -4.88. The highest BCUT2D eigenvalue weighted by atomic mass is 32.1. The van der Waals surface area contributed by atoms with Gasteiger partial charge < -0.3 is 10.5 Å². The lowest BCUT2D eigenvalue weighted by molar-refractivity contribution is -0.139. The van der Waals surface area contributed by atoms with Crippen LogP contribution >= 0.6 is 11.3 Å². The molecule has 39 heavy (non-hydrogen) atoms. The first kappa shape index (κ1) is 27.7. The van der Waals surface area contributed by atoms with Crippen LogP contribution in [0.5, 0.6) is 0 Å². The minimum Gasteiger partial charge on any atom is -0.463 e. The number of halogens is 6. The summed E-state index contributed by atoms with van der Waals surface area (Å²) in [7, 11) is 0. The number of aromatic nitrogens is 1. The Balaban J connectivity index is 2.15. The molecule has 1 aromatic heterocycles. The van der Waals surface area contributed by atoms with Crippen molar-refractivity contribution in [1.29, 1.82) is 5.26 Å². The first-order valence-electron chi connectivity index (χ1n) is 11.2. The third kappa shape index (κ3) is 4.95. The summed E-state index contributed by atoms with van der Waals surface area (Å²) in [4.78, 5) is 26.5. The molecule has 0 unspecified atom stereocenters. The van der Waals surface area contributed by atoms with Crippen LogP contribution in [0.3, 0.4) is 0 Å². The second-order valence-corrected chi connectivity index (χ2v) is 9.23. The van der Waals surface area contributed by atoms with Crippen molar-refractivity contribution in [3.63, 3.8) is 0 Å². The third-order valence-electron chi connectivity index (χ3n) is 5.89. The summed E-state index contributed by atoms with van der Waals surface area (Å²) in [6.45, 7) is 1.26. The molecule has 2 heterocycles. The van der Waals surface area contributed by atoms with E-state index in [1.54, 1.807) is 6.07 Å². The molecule has 0 fully saturated rings. The van der Waals surface area contributed by atoms with E-state index in [0.29, 0.717) is 11.3 Å². The number of carbonyl (C=O) groups excluding carboxylic acids is 1. The van der Waals surface area contributed by atoms with Crippen molar-refractivity contribution >= 4 is 34.8 Å². The van der Waals surface area contributed by atoms with Crippen molar-refractivity contribution in [3.05, 3.63) is 95.9 Å². The van der Waals surface area contributed by atoms with Crippen LogP contribution in [-0.2, 0) is 21.9 Å². The Hall–Kier alpha value is -4.31. The number of nitrogens with two attached hydrogens (primary N) is 1. The van der Waals surface area contributed by atoms with E-state index in [4.69, 9.17) is 10.5 Å². The molecule has 13 heteroatoms. The molecule has 1 aliphatic rings. The zero-order valence-electron chi connectivity index (χ0n) is 19.9. The van der Waals surface area contributed by atoms with E-state index >= 15 is 0 Å². The number of hydrogen-bond donors (Lipinski definition) is 1. The Bertz CT molecular complexity index is 1730. The summed E-state index contributed by atoms with van der Waals surface area (Å²) in [5.74, 6) is -3.33. The molecule has 0 saturated heterocycles. The van der Waals surface area contributed by atoms with Gasteiger partial charge in [0.15, 0.2) is 0 Å². The number of benzene rings is 2. The van der Waals surface area contributed by atoms with Gasteiger partial charge in [-0.05, 0) is 36.3 Å². The maximum atomic E-state index is 13.9. The maximum Gasteiger partial charge on any atom is 0.416 e. The van der Waals surface area contributed by atoms with E-state index in [2.05, 4.69) is 0 Å². The summed E-state index contributed by atoms with van der Waals surface area (Å²) in [6.07, 6.45) is -8.68. The lowest BCUT2D eigenvalue weighted by Gasteiger charge is -2.26. The molecule has 0 amide bonds. The van der Waals surface area contributed by atoms with Gasteiger partial charge in [0.2, 0.25) is 0 Å². The number of carbonyl (C=O) groups is 1. The van der Waals surface area contributed by atoms with Crippen LogP contribution in [0.2, 0.25) is 0 Å². The van der Waals surface area contributed by atoms with Gasteiger partial charge in [-0.15, -0.1) is 11.3 Å². The number of alkyl halides is 6. The summed E-state index contributed by atoms with van der Waals surface area (Å²) in [5, 5.41) is 9.92. The van der Waals surface area contributed by atoms with Gasteiger partial charge in [-0.3, -0.25) is 9.36 Å². The predicted molar refractivity (Wildman–Crippen MR) is 130 cm³/mol. The maximum absolute atomic E-state index is 13.9. The highest BCUT2D eigenvalue weighted by molar-refractivity contribution is 7.07. The van der Waals surface area contributed by atoms with Crippen molar-refractivity contribution in [2.75, 3.05) is 6.61 Å². The fourth-order valence-corrected chi connectivity index (χ4v) is 5.45. The fraction of sp³-hybridized carbons (Fsp3) is 0.192. The molecule has 202 valence electrons. The molecule has 1 atom stereocenters. The van der Waals surface area contributed by atoms with Crippen LogP contribution in [0.25, 0.3) is 17.5 Å². The van der Waals surface area contributed by atoms with Gasteiger partial charge in [-0.2, -0.15) is 31.6 Å². The van der Waals surface area contributed by atoms with Gasteiger partial charge in [0, 0.05) is 0 Å². The van der Waals surface area contributed by atoms with E-state index in [9.17, 15) is 41.2 Å². The first-order chi connectivity index (χ1) is 18.3. The number of nitrogens with zero attached hydrogens (tertiary/aromatic N) is 2. The van der Waals surface area contributed by atoms with Crippen molar-refractivity contribution in [1.82, 2.24) is 4.57 Å². The molecule has 6 nitrogen and oxygen atoms in total. The minimum absolute atomic E-state index is 0.190. The normalized spacial score (nSPS) is 16.2. The summed E-state index contributed by atoms with van der Waals surface area (Å²) in [5.41, 5.74) is 1.15. The Morgan fingerprint density at radius 1 is 1.08 bits per heavy atom. The van der Waals surface area contributed by atoms with Crippen molar-refractivity contribution < 1.29 is 35.9 Å². The Kier molecular flexibility index (Phi) is 7.18. The molecule has 0 spiro atoms. The average molecular weight is 565 g/mol. The number of esters is 1. The molecular formula is C26H17F6N3O3S. The predicted octanol–water partition coefficient (Wildman–Crippen LogP) is 3.94. The lowest BCUT2D eigenvalue weighted by atomic mass is 9.81. The lowest BCUT2D eigenvalue weighted by Crippen LogP contribution is -2.40. The van der Waals surface area contributed by atoms with E-state index in [0.717, 1.165) is 41.0 Å². The second-order valence-electron chi connectivity index (χ2n) is 8.20. The second kappa shape index (κ2) is 10.1. The zero-order chi connectivity index (χ0) is 28.7. The SMILES string of the molecule is CCOC(=O)C1=c2s/c(=C/c3ccccc3C(F)(F)F)c(=O)n2C(N)=C(C#N)[C@@H]1c1ccccc1C(F)(F)F. The van der Waals surface area contributed by atoms with Gasteiger partial charge in [-0.1, -0.05) is 36.4 Å². The standard InChI is InChI=1S/C26H17F6N3O3S/c1-2-38-24(37)20-19(14-8-4-6-10-17(14)26(30,31)32)15(12-33)21(34)35-22(36)18(39-23(20)35)11-13-7-3-5-9-16(13)25(27,28)29/h3-11,19H,2,34H2,1H3/b18-11+/t19-/m0/s1. The van der Waals surface area contributed by atoms with Crippen molar-refractivity contribution in [2.24, 2.45) is 5.73 Å². The highest BCUT2D eigenvalue weighted by Crippen LogP contribution is 2.43. The third-order valence-corrected chi connectivity index (χ3v) is 7.00. The number of ether oxygens (including phenoxy) is 1. The molecule has 0 radical (unpaired) electrons. The molecule has 4 rings (SSSR count). The molecular weight excluding hydrogens is 548 g/mol. The molecule has 2 N–H and O–H groups in total. The summed E-state index contributed by atoms with van der Waals surface area (Å²) in [6, 6.07) is 10.4. The van der Waals surface area contributed by atoms with Gasteiger partial charge in [0.1, 0.15) is 10.5 Å². The molecule has 3 aromatic rings. The number of nitriles is 1. The van der Waals surface area contributed by atoms with Crippen LogP contribution < -0.4 is 20.5 Å². The molecule has 0 bridgehead atoms. The van der Waals surface area contributed by atoms with Crippen LogP contribution in [0, 0.1) is 11.3 Å². The number of hydrogen-bond acceptors (Lipinski definition) is 6. The van der Waals surface area contributed by atoms with Gasteiger partial charge in [0.25, 0.3) is 5.56 Å². The molecule has 2 aromatic carbocycles. The van der Waals surface area contributed by atoms with Crippen molar-refractivity contribution in [3.8, 4) is 6.07 Å². The summed E-state index contributed by atoms with van der Waals surface area (Å²) >= 11 is 0.551.